The Balaban J connectivity index is 1.91. The summed E-state index contributed by atoms with van der Waals surface area (Å²) in [5, 5.41) is 3.72. The molecule has 1 aromatic carbocycles. The number of hydrogen-bond donors (Lipinski definition) is 1. The molecule has 1 aliphatic carbocycles. The summed E-state index contributed by atoms with van der Waals surface area (Å²) in [4.78, 5) is 5.00. The first-order valence-corrected chi connectivity index (χ1v) is 8.40. The molecule has 1 atom stereocenters. The van der Waals surface area contributed by atoms with Crippen LogP contribution in [0.3, 0.4) is 0 Å². The third-order valence-corrected chi connectivity index (χ3v) is 5.17. The Hall–Kier alpha value is -0.870. The average molecular weight is 334 g/mol. The van der Waals surface area contributed by atoms with Gasteiger partial charge in [0.2, 0.25) is 0 Å². The van der Waals surface area contributed by atoms with Gasteiger partial charge in [-0.3, -0.25) is 0 Å². The predicted octanol–water partition coefficient (Wildman–Crippen LogP) is 4.12. The lowest BCUT2D eigenvalue weighted by Crippen LogP contribution is -2.45. The van der Waals surface area contributed by atoms with Crippen LogP contribution < -0.4 is 5.32 Å². The van der Waals surface area contributed by atoms with Gasteiger partial charge in [-0.05, 0) is 63.8 Å². The quantitative estimate of drug-likeness (QED) is 0.895. The monoisotopic (exact) mass is 333 g/mol. The van der Waals surface area contributed by atoms with Gasteiger partial charge in [-0.2, -0.15) is 0 Å². The molecule has 2 heterocycles. The number of rotatable bonds is 2. The molecule has 1 unspecified atom stereocenters. The highest BCUT2D eigenvalue weighted by Crippen LogP contribution is 2.42. The molecule has 4 heteroatoms. The third kappa shape index (κ3) is 2.01. The Morgan fingerprint density at radius 1 is 1.35 bits per heavy atom. The Morgan fingerprint density at radius 3 is 2.90 bits per heavy atom. The molecule has 0 radical (unpaired) electrons. The second kappa shape index (κ2) is 4.57. The Kier molecular flexibility index (Phi) is 2.93. The molecule has 0 spiro atoms. The van der Waals surface area contributed by atoms with E-state index in [4.69, 9.17) is 4.98 Å². The highest BCUT2D eigenvalue weighted by molar-refractivity contribution is 9.10. The van der Waals surface area contributed by atoms with Crippen molar-refractivity contribution in [1.82, 2.24) is 14.9 Å². The van der Waals surface area contributed by atoms with Crippen molar-refractivity contribution in [3.63, 3.8) is 0 Å². The van der Waals surface area contributed by atoms with E-state index in [2.05, 4.69) is 50.9 Å². The smallest absolute Gasteiger partial charge is 0.130 e. The maximum absolute atomic E-state index is 5.00. The van der Waals surface area contributed by atoms with Crippen LogP contribution in [0.15, 0.2) is 22.7 Å². The molecule has 4 rings (SSSR count). The maximum Gasteiger partial charge on any atom is 0.130 e. The van der Waals surface area contributed by atoms with Crippen molar-refractivity contribution in [3.8, 4) is 0 Å². The van der Waals surface area contributed by atoms with E-state index in [1.165, 1.54) is 43.4 Å². The minimum Gasteiger partial charge on any atom is -0.323 e. The van der Waals surface area contributed by atoms with Crippen molar-refractivity contribution in [2.24, 2.45) is 0 Å². The molecular weight excluding hydrogens is 314 g/mol. The summed E-state index contributed by atoms with van der Waals surface area (Å²) in [5.41, 5.74) is 2.45. The van der Waals surface area contributed by atoms with E-state index in [9.17, 15) is 0 Å². The molecule has 2 aliphatic rings. The number of nitrogens with one attached hydrogen (secondary N) is 1. The number of fused-ring (bicyclic) bond motifs is 1. The van der Waals surface area contributed by atoms with Crippen LogP contribution in [-0.4, -0.2) is 16.1 Å². The summed E-state index contributed by atoms with van der Waals surface area (Å²) in [6.07, 6.45) is 6.35. The fourth-order valence-electron chi connectivity index (χ4n) is 3.41. The molecule has 3 nitrogen and oxygen atoms in total. The number of aromatic nitrogens is 2. The molecule has 106 valence electrons. The SMILES string of the molecule is CC1(c2nc3cc(Br)ccc3n2C2CC2)CCCCN1. The van der Waals surface area contributed by atoms with Gasteiger partial charge in [-0.15, -0.1) is 0 Å². The molecule has 20 heavy (non-hydrogen) atoms. The van der Waals surface area contributed by atoms with E-state index < -0.39 is 0 Å². The summed E-state index contributed by atoms with van der Waals surface area (Å²) in [6, 6.07) is 7.14. The second-order valence-corrected chi connectivity index (χ2v) is 7.30. The fraction of sp³-hybridized carbons (Fsp3) is 0.562. The molecule has 0 bridgehead atoms. The average Bonchev–Trinajstić information content (AvgIpc) is 3.20. The molecule has 0 amide bonds. The molecule has 1 saturated carbocycles. The van der Waals surface area contributed by atoms with Crippen molar-refractivity contribution in [2.45, 2.75) is 50.6 Å². The molecular formula is C16H20BrN3. The molecule has 1 aliphatic heterocycles. The summed E-state index contributed by atoms with van der Waals surface area (Å²) in [6.45, 7) is 3.43. The molecule has 2 fully saturated rings. The van der Waals surface area contributed by atoms with Crippen LogP contribution in [0.1, 0.15) is 50.9 Å². The van der Waals surface area contributed by atoms with Gasteiger partial charge >= 0.3 is 0 Å². The van der Waals surface area contributed by atoms with Crippen LogP contribution in [0.2, 0.25) is 0 Å². The van der Waals surface area contributed by atoms with Gasteiger partial charge in [-0.25, -0.2) is 4.98 Å². The van der Waals surface area contributed by atoms with Crippen molar-refractivity contribution in [3.05, 3.63) is 28.5 Å². The summed E-state index contributed by atoms with van der Waals surface area (Å²) < 4.78 is 3.61. The highest BCUT2D eigenvalue weighted by Gasteiger charge is 2.37. The van der Waals surface area contributed by atoms with E-state index in [1.807, 2.05) is 0 Å². The minimum atomic E-state index is 0.0341. The number of halogens is 1. The number of imidazole rings is 1. The van der Waals surface area contributed by atoms with Crippen molar-refractivity contribution in [2.75, 3.05) is 6.54 Å². The first-order chi connectivity index (χ1) is 9.67. The number of hydrogen-bond acceptors (Lipinski definition) is 2. The molecule has 1 N–H and O–H groups in total. The summed E-state index contributed by atoms with van der Waals surface area (Å²) in [7, 11) is 0. The van der Waals surface area contributed by atoms with Crippen molar-refractivity contribution in [1.29, 1.82) is 0 Å². The van der Waals surface area contributed by atoms with Gasteiger partial charge in [0.05, 0.1) is 16.6 Å². The lowest BCUT2D eigenvalue weighted by Gasteiger charge is -2.34. The Morgan fingerprint density at radius 2 is 2.20 bits per heavy atom. The first kappa shape index (κ1) is 12.8. The van der Waals surface area contributed by atoms with Gasteiger partial charge < -0.3 is 9.88 Å². The van der Waals surface area contributed by atoms with Crippen molar-refractivity contribution < 1.29 is 0 Å². The standard InChI is InChI=1S/C16H20BrN3/c1-16(8-2-3-9-18-16)15-19-13-10-11(17)4-7-14(13)20(15)12-5-6-12/h4,7,10,12,18H,2-3,5-6,8-9H2,1H3. The second-order valence-electron chi connectivity index (χ2n) is 6.39. The number of piperidine rings is 1. The van der Waals surface area contributed by atoms with E-state index in [0.29, 0.717) is 6.04 Å². The van der Waals surface area contributed by atoms with Crippen LogP contribution in [0.5, 0.6) is 0 Å². The van der Waals surface area contributed by atoms with E-state index >= 15 is 0 Å². The zero-order valence-electron chi connectivity index (χ0n) is 11.8. The normalized spacial score (nSPS) is 27.1. The number of nitrogens with zero attached hydrogens (tertiary/aromatic N) is 2. The summed E-state index contributed by atoms with van der Waals surface area (Å²) in [5.74, 6) is 1.24. The zero-order valence-corrected chi connectivity index (χ0v) is 13.4. The lowest BCUT2D eigenvalue weighted by molar-refractivity contribution is 0.261. The predicted molar refractivity (Wildman–Crippen MR) is 84.9 cm³/mol. The number of benzene rings is 1. The largest absolute Gasteiger partial charge is 0.323 e. The van der Waals surface area contributed by atoms with E-state index in [0.717, 1.165) is 16.5 Å². The van der Waals surface area contributed by atoms with E-state index in [1.54, 1.807) is 0 Å². The van der Waals surface area contributed by atoms with Gasteiger partial charge in [0.25, 0.3) is 0 Å². The molecule has 1 aromatic heterocycles. The van der Waals surface area contributed by atoms with Crippen LogP contribution >= 0.6 is 15.9 Å². The summed E-state index contributed by atoms with van der Waals surface area (Å²) >= 11 is 3.56. The molecule has 1 saturated heterocycles. The first-order valence-electron chi connectivity index (χ1n) is 7.60. The minimum absolute atomic E-state index is 0.0341. The maximum atomic E-state index is 5.00. The van der Waals surface area contributed by atoms with Gasteiger partial charge in [0, 0.05) is 10.5 Å². The van der Waals surface area contributed by atoms with Crippen LogP contribution in [0.25, 0.3) is 11.0 Å². The Labute approximate surface area is 127 Å². The Bertz CT molecular complexity index is 651. The topological polar surface area (TPSA) is 29.9 Å². The fourth-order valence-corrected chi connectivity index (χ4v) is 3.76. The van der Waals surface area contributed by atoms with Crippen LogP contribution in [0, 0.1) is 0 Å². The van der Waals surface area contributed by atoms with E-state index in [-0.39, 0.29) is 5.54 Å². The van der Waals surface area contributed by atoms with Gasteiger partial charge in [-0.1, -0.05) is 15.9 Å². The molecule has 2 aromatic rings. The van der Waals surface area contributed by atoms with Crippen molar-refractivity contribution >= 4 is 27.0 Å². The van der Waals surface area contributed by atoms with Gasteiger partial charge in [0.15, 0.2) is 0 Å². The highest BCUT2D eigenvalue weighted by atomic mass is 79.9. The lowest BCUT2D eigenvalue weighted by atomic mass is 9.90. The van der Waals surface area contributed by atoms with Crippen LogP contribution in [-0.2, 0) is 5.54 Å². The van der Waals surface area contributed by atoms with Gasteiger partial charge in [0.1, 0.15) is 5.82 Å². The van der Waals surface area contributed by atoms with Crippen LogP contribution in [0.4, 0.5) is 0 Å². The third-order valence-electron chi connectivity index (χ3n) is 4.68. The zero-order chi connectivity index (χ0) is 13.7.